The summed E-state index contributed by atoms with van der Waals surface area (Å²) in [7, 11) is -3.23. The molecule has 0 aliphatic carbocycles. The number of sulfone groups is 1. The van der Waals surface area contributed by atoms with E-state index >= 15 is 0 Å². The molecular formula is C12H13N3O3S2. The Labute approximate surface area is 120 Å². The average molecular weight is 311 g/mol. The molecule has 1 N–H and O–H groups in total. The molecule has 0 aliphatic heterocycles. The molecule has 20 heavy (non-hydrogen) atoms. The highest BCUT2D eigenvalue weighted by molar-refractivity contribution is 7.90. The first-order valence-corrected chi connectivity index (χ1v) is 8.51. The van der Waals surface area contributed by atoms with Crippen molar-refractivity contribution in [3.63, 3.8) is 0 Å². The molecule has 1 amide bonds. The van der Waals surface area contributed by atoms with Crippen LogP contribution in [0.1, 0.15) is 22.3 Å². The molecule has 0 radical (unpaired) electrons. The van der Waals surface area contributed by atoms with Gasteiger partial charge in [0.05, 0.1) is 10.6 Å². The van der Waals surface area contributed by atoms with Crippen LogP contribution < -0.4 is 5.32 Å². The van der Waals surface area contributed by atoms with E-state index in [-0.39, 0.29) is 10.8 Å². The average Bonchev–Trinajstić information content (AvgIpc) is 2.86. The maximum absolute atomic E-state index is 12.0. The highest BCUT2D eigenvalue weighted by atomic mass is 32.2. The fourth-order valence-corrected chi connectivity index (χ4v) is 2.86. The van der Waals surface area contributed by atoms with Crippen LogP contribution in [0.3, 0.4) is 0 Å². The topological polar surface area (TPSA) is 89.0 Å². The van der Waals surface area contributed by atoms with Crippen molar-refractivity contribution in [2.24, 2.45) is 0 Å². The summed E-state index contributed by atoms with van der Waals surface area (Å²) in [6.45, 7) is 1.90. The highest BCUT2D eigenvalue weighted by Gasteiger charge is 2.15. The SMILES string of the molecule is CCc1nnsc1C(=O)Nc1ccc(S(C)(=O)=O)cc1. The van der Waals surface area contributed by atoms with Crippen LogP contribution in [0.4, 0.5) is 5.69 Å². The zero-order valence-corrected chi connectivity index (χ0v) is 12.6. The van der Waals surface area contributed by atoms with Gasteiger partial charge >= 0.3 is 0 Å². The van der Waals surface area contributed by atoms with Gasteiger partial charge in [0, 0.05) is 11.9 Å². The summed E-state index contributed by atoms with van der Waals surface area (Å²) >= 11 is 1.04. The smallest absolute Gasteiger partial charge is 0.269 e. The zero-order valence-electron chi connectivity index (χ0n) is 11.0. The van der Waals surface area contributed by atoms with Crippen LogP contribution in [-0.2, 0) is 16.3 Å². The van der Waals surface area contributed by atoms with Crippen molar-refractivity contribution in [3.8, 4) is 0 Å². The summed E-state index contributed by atoms with van der Waals surface area (Å²) in [5, 5.41) is 6.57. The quantitative estimate of drug-likeness (QED) is 0.929. The third-order valence-corrected chi connectivity index (χ3v) is 4.53. The normalized spacial score (nSPS) is 11.3. The number of nitrogens with zero attached hydrogens (tertiary/aromatic N) is 2. The van der Waals surface area contributed by atoms with Crippen molar-refractivity contribution in [2.75, 3.05) is 11.6 Å². The molecule has 0 saturated heterocycles. The molecule has 106 valence electrons. The van der Waals surface area contributed by atoms with Gasteiger partial charge in [-0.25, -0.2) is 8.42 Å². The van der Waals surface area contributed by atoms with E-state index in [1.807, 2.05) is 6.92 Å². The number of carbonyl (C=O) groups is 1. The van der Waals surface area contributed by atoms with E-state index in [4.69, 9.17) is 0 Å². The Morgan fingerprint density at radius 3 is 2.50 bits per heavy atom. The van der Waals surface area contributed by atoms with E-state index in [2.05, 4.69) is 14.9 Å². The van der Waals surface area contributed by atoms with Crippen molar-refractivity contribution >= 4 is 33.0 Å². The van der Waals surface area contributed by atoms with Crippen molar-refractivity contribution in [2.45, 2.75) is 18.2 Å². The number of amides is 1. The van der Waals surface area contributed by atoms with Gasteiger partial charge in [0.2, 0.25) is 0 Å². The predicted octanol–water partition coefficient (Wildman–Crippen LogP) is 1.76. The van der Waals surface area contributed by atoms with Gasteiger partial charge < -0.3 is 5.32 Å². The third kappa shape index (κ3) is 3.20. The van der Waals surface area contributed by atoms with Gasteiger partial charge in [0.15, 0.2) is 9.84 Å². The summed E-state index contributed by atoms with van der Waals surface area (Å²) in [6.07, 6.45) is 1.77. The summed E-state index contributed by atoms with van der Waals surface area (Å²) in [5.74, 6) is -0.288. The molecule has 2 aromatic rings. The van der Waals surface area contributed by atoms with Gasteiger partial charge in [-0.3, -0.25) is 4.79 Å². The van der Waals surface area contributed by atoms with E-state index in [1.54, 1.807) is 12.1 Å². The van der Waals surface area contributed by atoms with Crippen LogP contribution in [0.5, 0.6) is 0 Å². The second kappa shape index (κ2) is 5.68. The van der Waals surface area contributed by atoms with Gasteiger partial charge in [0.1, 0.15) is 4.88 Å². The Kier molecular flexibility index (Phi) is 4.15. The molecule has 0 fully saturated rings. The lowest BCUT2D eigenvalue weighted by Gasteiger charge is -2.05. The molecule has 1 aromatic heterocycles. The molecule has 0 unspecified atom stereocenters. The van der Waals surface area contributed by atoms with Crippen molar-refractivity contribution in [1.29, 1.82) is 0 Å². The molecule has 6 nitrogen and oxygen atoms in total. The second-order valence-electron chi connectivity index (χ2n) is 4.15. The highest BCUT2D eigenvalue weighted by Crippen LogP contribution is 2.17. The van der Waals surface area contributed by atoms with E-state index in [9.17, 15) is 13.2 Å². The molecule has 2 rings (SSSR count). The number of rotatable bonds is 4. The summed E-state index contributed by atoms with van der Waals surface area (Å²) in [5.41, 5.74) is 1.18. The molecule has 0 aliphatic rings. The van der Waals surface area contributed by atoms with Crippen LogP contribution in [0, 0.1) is 0 Å². The largest absolute Gasteiger partial charge is 0.321 e. The van der Waals surface area contributed by atoms with E-state index < -0.39 is 9.84 Å². The molecule has 1 heterocycles. The first kappa shape index (κ1) is 14.6. The third-order valence-electron chi connectivity index (χ3n) is 2.64. The Balaban J connectivity index is 2.17. The number of aryl methyl sites for hydroxylation is 1. The van der Waals surface area contributed by atoms with Crippen LogP contribution in [-0.4, -0.2) is 30.2 Å². The molecule has 8 heteroatoms. The summed E-state index contributed by atoms with van der Waals surface area (Å²) < 4.78 is 26.4. The minimum absolute atomic E-state index is 0.212. The maximum Gasteiger partial charge on any atom is 0.269 e. The van der Waals surface area contributed by atoms with Crippen molar-refractivity contribution in [3.05, 3.63) is 34.8 Å². The monoisotopic (exact) mass is 311 g/mol. The molecule has 0 saturated carbocycles. The number of hydrogen-bond acceptors (Lipinski definition) is 6. The molecule has 0 bridgehead atoms. The van der Waals surface area contributed by atoms with Crippen molar-refractivity contribution in [1.82, 2.24) is 9.59 Å². The van der Waals surface area contributed by atoms with E-state index in [0.29, 0.717) is 22.7 Å². The maximum atomic E-state index is 12.0. The first-order chi connectivity index (χ1) is 9.41. The van der Waals surface area contributed by atoms with Gasteiger partial charge in [-0.2, -0.15) is 0 Å². The van der Waals surface area contributed by atoms with Gasteiger partial charge in [-0.1, -0.05) is 11.4 Å². The van der Waals surface area contributed by atoms with Crippen molar-refractivity contribution < 1.29 is 13.2 Å². The second-order valence-corrected chi connectivity index (χ2v) is 6.92. The number of carbonyl (C=O) groups excluding carboxylic acids is 1. The standard InChI is InChI=1S/C12H13N3O3S2/c1-3-10-11(19-15-14-10)12(16)13-8-4-6-9(7-5-8)20(2,17)18/h4-7H,3H2,1-2H3,(H,13,16). The summed E-state index contributed by atoms with van der Waals surface area (Å²) in [4.78, 5) is 12.7. The number of benzene rings is 1. The lowest BCUT2D eigenvalue weighted by Crippen LogP contribution is -2.12. The molecular weight excluding hydrogens is 298 g/mol. The molecule has 0 atom stereocenters. The Morgan fingerprint density at radius 2 is 1.95 bits per heavy atom. The van der Waals surface area contributed by atoms with E-state index in [0.717, 1.165) is 17.8 Å². The Hall–Kier alpha value is -1.80. The van der Waals surface area contributed by atoms with Crippen LogP contribution in [0.15, 0.2) is 29.2 Å². The van der Waals surface area contributed by atoms with E-state index in [1.165, 1.54) is 12.1 Å². The predicted molar refractivity (Wildman–Crippen MR) is 76.8 cm³/mol. The molecule has 0 spiro atoms. The van der Waals surface area contributed by atoms with Crippen LogP contribution >= 0.6 is 11.5 Å². The molecule has 1 aromatic carbocycles. The summed E-state index contributed by atoms with van der Waals surface area (Å²) in [6, 6.07) is 6.01. The number of aromatic nitrogens is 2. The lowest BCUT2D eigenvalue weighted by atomic mass is 10.2. The number of nitrogens with one attached hydrogen (secondary N) is 1. The lowest BCUT2D eigenvalue weighted by molar-refractivity contribution is 0.102. The Morgan fingerprint density at radius 1 is 1.30 bits per heavy atom. The minimum Gasteiger partial charge on any atom is -0.321 e. The van der Waals surface area contributed by atoms with Crippen LogP contribution in [0.25, 0.3) is 0 Å². The first-order valence-electron chi connectivity index (χ1n) is 5.84. The van der Waals surface area contributed by atoms with Gasteiger partial charge in [0.25, 0.3) is 5.91 Å². The fourth-order valence-electron chi connectivity index (χ4n) is 1.59. The van der Waals surface area contributed by atoms with Crippen LogP contribution in [0.2, 0.25) is 0 Å². The number of anilines is 1. The van der Waals surface area contributed by atoms with Gasteiger partial charge in [-0.15, -0.1) is 5.10 Å². The zero-order chi connectivity index (χ0) is 14.8. The van der Waals surface area contributed by atoms with Gasteiger partial charge in [-0.05, 0) is 42.2 Å². The minimum atomic E-state index is -3.23. The Bertz CT molecular complexity index is 721. The number of hydrogen-bond donors (Lipinski definition) is 1. The fraction of sp³-hybridized carbons (Fsp3) is 0.250.